The van der Waals surface area contributed by atoms with Crippen molar-refractivity contribution in [3.05, 3.63) is 48.3 Å². The van der Waals surface area contributed by atoms with Crippen LogP contribution in [-0.4, -0.2) is 77.7 Å². The molecule has 8 N–H and O–H groups in total. The minimum atomic E-state index is -6.09. The molecule has 0 unspecified atom stereocenters. The van der Waals surface area contributed by atoms with Crippen LogP contribution in [0.3, 0.4) is 0 Å². The number of aryl methyl sites for hydroxylation is 1. The quantitative estimate of drug-likeness (QED) is 0.135. The Hall–Kier alpha value is -1.88. The summed E-state index contributed by atoms with van der Waals surface area (Å²) in [6.07, 6.45) is 5.39. The van der Waals surface area contributed by atoms with Crippen LogP contribution in [0.2, 0.25) is 0 Å². The molecule has 0 aliphatic heterocycles. The Bertz CT molecular complexity index is 1150. The normalized spacial score (nSPS) is 12.4. The summed E-state index contributed by atoms with van der Waals surface area (Å²) in [5.41, 5.74) is 13.1. The second kappa shape index (κ2) is 17.3. The van der Waals surface area contributed by atoms with Gasteiger partial charge in [-0.15, -0.1) is 0 Å². The van der Waals surface area contributed by atoms with Crippen LogP contribution in [0.5, 0.6) is 0 Å². The van der Waals surface area contributed by atoms with Crippen LogP contribution in [-0.2, 0) is 55.2 Å². The largest absolute Gasteiger partial charge is 6.00 e. The average Bonchev–Trinajstić information content (AvgIpc) is 3.32. The second-order valence-corrected chi connectivity index (χ2v) is 11.1. The van der Waals surface area contributed by atoms with E-state index >= 15 is 0 Å². The maximum Gasteiger partial charge on any atom is 6.00 e. The van der Waals surface area contributed by atoms with Crippen molar-refractivity contribution in [1.82, 2.24) is 14.5 Å². The van der Waals surface area contributed by atoms with Gasteiger partial charge in [0.1, 0.15) is 0 Å². The van der Waals surface area contributed by atoms with E-state index in [4.69, 9.17) is 48.9 Å². The van der Waals surface area contributed by atoms with Gasteiger partial charge in [-0.2, -0.15) is 26.3 Å². The van der Waals surface area contributed by atoms with Crippen molar-refractivity contribution in [2.75, 3.05) is 26.2 Å². The molecule has 0 aromatic carbocycles. The van der Waals surface area contributed by atoms with Gasteiger partial charge in [0.25, 0.3) is 0 Å². The molecule has 2 aromatic rings. The summed E-state index contributed by atoms with van der Waals surface area (Å²) in [5, 5.41) is 0. The van der Waals surface area contributed by atoms with Crippen molar-refractivity contribution < 1.29 is 69.4 Å². The number of imidazole rings is 1. The van der Waals surface area contributed by atoms with Gasteiger partial charge in [0.05, 0.1) is 6.33 Å². The first-order valence-electron chi connectivity index (χ1n) is 10.6. The van der Waals surface area contributed by atoms with Gasteiger partial charge in [-0.1, -0.05) is 19.9 Å². The summed E-state index contributed by atoms with van der Waals surface area (Å²) in [7, 11) is -10.2. The maximum absolute atomic E-state index is 10.7. The summed E-state index contributed by atoms with van der Waals surface area (Å²) in [5.74, 6) is 0. The smallest absolute Gasteiger partial charge is 0.741 e. The molecule has 2 aromatic heterocycles. The van der Waals surface area contributed by atoms with E-state index in [1.807, 2.05) is 49.9 Å². The van der Waals surface area contributed by atoms with E-state index in [2.05, 4.69) is 9.97 Å². The van der Waals surface area contributed by atoms with Crippen molar-refractivity contribution in [1.29, 1.82) is 0 Å². The fourth-order valence-electron chi connectivity index (χ4n) is 2.02. The van der Waals surface area contributed by atoms with Gasteiger partial charge in [0.15, 0.2) is 20.2 Å². The third-order valence-corrected chi connectivity index (χ3v) is 6.13. The zero-order valence-electron chi connectivity index (χ0n) is 21.8. The zero-order valence-corrected chi connectivity index (χ0v) is 24.6. The number of aromatic nitrogens is 3. The molecule has 0 atom stereocenters. The monoisotopic (exact) mass is 687 g/mol. The molecule has 0 bridgehead atoms. The topological polar surface area (TPSA) is 249 Å². The molecule has 0 saturated heterocycles. The van der Waals surface area contributed by atoms with E-state index in [0.29, 0.717) is 26.2 Å². The fourth-order valence-corrected chi connectivity index (χ4v) is 2.02. The number of nitrogens with two attached hydrogens (primary N) is 4. The van der Waals surface area contributed by atoms with Gasteiger partial charge < -0.3 is 36.6 Å². The fraction of sp³-hybridized carbons (Fsp3) is 0.579. The van der Waals surface area contributed by atoms with Gasteiger partial charge in [0, 0.05) is 67.8 Å². The third-order valence-electron chi connectivity index (χ3n) is 4.99. The molecular formula is C19H31F6FeN7O6S2+4. The summed E-state index contributed by atoms with van der Waals surface area (Å²) in [6, 6.07) is 5.87. The molecule has 236 valence electrons. The molecule has 0 spiro atoms. The van der Waals surface area contributed by atoms with Gasteiger partial charge >= 0.3 is 28.1 Å². The van der Waals surface area contributed by atoms with Crippen LogP contribution in [0.1, 0.15) is 25.2 Å². The Labute approximate surface area is 244 Å². The second-order valence-electron chi connectivity index (χ2n) is 8.37. The first kappa shape index (κ1) is 43.6. The molecule has 0 fully saturated rings. The van der Waals surface area contributed by atoms with E-state index in [0.717, 1.165) is 11.4 Å². The molecule has 2 rings (SSSR count). The van der Waals surface area contributed by atoms with Crippen LogP contribution in [0.25, 0.3) is 0 Å². The Morgan fingerprint density at radius 1 is 0.780 bits per heavy atom. The number of nitrogens with zero attached hydrogens (tertiary/aromatic N) is 3. The predicted molar refractivity (Wildman–Crippen MR) is 130 cm³/mol. The van der Waals surface area contributed by atoms with E-state index in [1.165, 1.54) is 0 Å². The van der Waals surface area contributed by atoms with Crippen LogP contribution in [0.15, 0.2) is 36.9 Å². The Morgan fingerprint density at radius 2 is 1.07 bits per heavy atom. The Balaban J connectivity index is -0.000000524. The molecule has 13 nitrogen and oxygen atoms in total. The minimum absolute atomic E-state index is 0. The SMILES string of the molecule is CC(CN)(CN)c1cccc(C(C)(CN)CN)n1.Cn1ccnc1.O=S(=O)([O-])C(F)(F)F.O=S(=O)([O-])C(F)(F)F.[Fe+6]. The van der Waals surface area contributed by atoms with Crippen LogP contribution in [0.4, 0.5) is 26.3 Å². The van der Waals surface area contributed by atoms with Crippen LogP contribution < -0.4 is 22.9 Å². The van der Waals surface area contributed by atoms with Gasteiger partial charge in [-0.05, 0) is 12.1 Å². The standard InChI is InChI=1S/C13H25N5.C4H6N2.2CHF3O3S.Fe/c1-12(6-14,7-15)10-4-3-5-11(18-10)13(2,8-16)9-17;1-6-3-2-5-4-6;2*2-1(3,4)8(5,6)7;/h3-5H,6-9,14-17H2,1-2H3;2-4H,1H3;2*(H,5,6,7);/q;;;;+6/p-2. The summed E-state index contributed by atoms with van der Waals surface area (Å²) in [6.45, 7) is 5.87. The number of pyridine rings is 1. The Morgan fingerprint density at radius 3 is 1.22 bits per heavy atom. The van der Waals surface area contributed by atoms with Crippen molar-refractivity contribution in [2.45, 2.75) is 35.7 Å². The summed E-state index contributed by atoms with van der Waals surface area (Å²) < 4.78 is 120. The molecule has 0 aliphatic carbocycles. The zero-order chi connectivity index (χ0) is 32.2. The molecular weight excluding hydrogens is 656 g/mol. The summed E-state index contributed by atoms with van der Waals surface area (Å²) >= 11 is 0. The first-order valence-corrected chi connectivity index (χ1v) is 13.4. The van der Waals surface area contributed by atoms with Gasteiger partial charge in [-0.25, -0.2) is 21.8 Å². The predicted octanol–water partition coefficient (Wildman–Crippen LogP) is -0.0478. The molecule has 0 amide bonds. The molecule has 41 heavy (non-hydrogen) atoms. The molecule has 0 radical (unpaired) electrons. The van der Waals surface area contributed by atoms with Crippen LogP contribution in [0, 0.1) is 0 Å². The average molecular weight is 687 g/mol. The van der Waals surface area contributed by atoms with Crippen molar-refractivity contribution in [3.8, 4) is 0 Å². The van der Waals surface area contributed by atoms with Gasteiger partial charge in [-0.3, -0.25) is 4.98 Å². The third kappa shape index (κ3) is 15.2. The van der Waals surface area contributed by atoms with E-state index in [-0.39, 0.29) is 27.9 Å². The maximum atomic E-state index is 10.7. The van der Waals surface area contributed by atoms with Crippen molar-refractivity contribution >= 4 is 20.2 Å². The number of halogens is 6. The van der Waals surface area contributed by atoms with E-state index < -0.39 is 31.3 Å². The summed E-state index contributed by atoms with van der Waals surface area (Å²) in [4.78, 5) is 8.46. The van der Waals surface area contributed by atoms with E-state index in [9.17, 15) is 26.3 Å². The van der Waals surface area contributed by atoms with Crippen molar-refractivity contribution in [2.24, 2.45) is 30.0 Å². The number of hydrogen-bond donors (Lipinski definition) is 4. The molecule has 2 heterocycles. The number of hydrogen-bond acceptors (Lipinski definition) is 12. The van der Waals surface area contributed by atoms with Gasteiger partial charge in [0.2, 0.25) is 0 Å². The molecule has 22 heteroatoms. The molecule has 0 aliphatic rings. The number of alkyl halides is 6. The van der Waals surface area contributed by atoms with E-state index in [1.54, 1.807) is 12.5 Å². The molecule has 0 saturated carbocycles. The first-order chi connectivity index (χ1) is 17.8. The number of rotatable bonds is 6. The Kier molecular flexibility index (Phi) is 18.4. The minimum Gasteiger partial charge on any atom is -0.741 e. The van der Waals surface area contributed by atoms with Crippen LogP contribution >= 0.6 is 0 Å². The van der Waals surface area contributed by atoms with Crippen molar-refractivity contribution in [3.63, 3.8) is 0 Å².